The molecule has 0 unspecified atom stereocenters. The van der Waals surface area contributed by atoms with Crippen molar-refractivity contribution in [1.29, 1.82) is 0 Å². The largest absolute Gasteiger partial charge is 0.493 e. The highest BCUT2D eigenvalue weighted by Gasteiger charge is 2.12. The lowest BCUT2D eigenvalue weighted by atomic mass is 10.2. The van der Waals surface area contributed by atoms with Crippen LogP contribution in [0.2, 0.25) is 0 Å². The molecule has 0 bridgehead atoms. The standard InChI is InChI=1S/C21H23NO5/c1-14(2)27-18-7-4-15(12-19(18)24-3)5-9-21(23)22-16-6-8-17-20(13-16)26-11-10-25-17/h4-9,12-14H,10-11H2,1-3H3,(H,22,23)/b9-5+. The number of carbonyl (C=O) groups is 1. The Balaban J connectivity index is 1.66. The van der Waals surface area contributed by atoms with Gasteiger partial charge in [-0.3, -0.25) is 4.79 Å². The minimum Gasteiger partial charge on any atom is -0.493 e. The minimum atomic E-state index is -0.242. The van der Waals surface area contributed by atoms with Gasteiger partial charge in [-0.15, -0.1) is 0 Å². The smallest absolute Gasteiger partial charge is 0.248 e. The van der Waals surface area contributed by atoms with Gasteiger partial charge in [0.05, 0.1) is 13.2 Å². The quantitative estimate of drug-likeness (QED) is 0.782. The van der Waals surface area contributed by atoms with Gasteiger partial charge in [0, 0.05) is 17.8 Å². The third-order valence-corrected chi connectivity index (χ3v) is 3.79. The number of nitrogens with one attached hydrogen (secondary N) is 1. The maximum atomic E-state index is 12.2. The van der Waals surface area contributed by atoms with Crippen molar-refractivity contribution in [2.75, 3.05) is 25.6 Å². The maximum absolute atomic E-state index is 12.2. The molecule has 1 amide bonds. The second-order valence-corrected chi connectivity index (χ2v) is 6.26. The summed E-state index contributed by atoms with van der Waals surface area (Å²) in [6.45, 7) is 4.94. The molecule has 1 aliphatic heterocycles. The van der Waals surface area contributed by atoms with E-state index in [4.69, 9.17) is 18.9 Å². The van der Waals surface area contributed by atoms with Crippen molar-refractivity contribution in [2.24, 2.45) is 0 Å². The van der Waals surface area contributed by atoms with Gasteiger partial charge in [-0.2, -0.15) is 0 Å². The Morgan fingerprint density at radius 3 is 2.59 bits per heavy atom. The number of methoxy groups -OCH3 is 1. The summed E-state index contributed by atoms with van der Waals surface area (Å²) in [5, 5.41) is 2.81. The van der Waals surface area contributed by atoms with Crippen LogP contribution < -0.4 is 24.3 Å². The van der Waals surface area contributed by atoms with Crippen molar-refractivity contribution in [3.63, 3.8) is 0 Å². The maximum Gasteiger partial charge on any atom is 0.248 e. The van der Waals surface area contributed by atoms with Gasteiger partial charge >= 0.3 is 0 Å². The summed E-state index contributed by atoms with van der Waals surface area (Å²) in [6, 6.07) is 10.8. The van der Waals surface area contributed by atoms with Crippen LogP contribution in [-0.2, 0) is 4.79 Å². The van der Waals surface area contributed by atoms with Crippen LogP contribution in [-0.4, -0.2) is 32.3 Å². The molecule has 1 N–H and O–H groups in total. The monoisotopic (exact) mass is 369 g/mol. The van der Waals surface area contributed by atoms with E-state index < -0.39 is 0 Å². The van der Waals surface area contributed by atoms with Crippen LogP contribution in [0.1, 0.15) is 19.4 Å². The summed E-state index contributed by atoms with van der Waals surface area (Å²) in [6.07, 6.45) is 3.24. The number of hydrogen-bond donors (Lipinski definition) is 1. The number of amides is 1. The zero-order chi connectivity index (χ0) is 19.2. The number of hydrogen-bond acceptors (Lipinski definition) is 5. The van der Waals surface area contributed by atoms with Crippen molar-refractivity contribution in [2.45, 2.75) is 20.0 Å². The SMILES string of the molecule is COc1cc(/C=C/C(=O)Nc2ccc3c(c2)OCCO3)ccc1OC(C)C. The topological polar surface area (TPSA) is 66.0 Å². The lowest BCUT2D eigenvalue weighted by Crippen LogP contribution is -2.16. The van der Waals surface area contributed by atoms with Crippen LogP contribution >= 0.6 is 0 Å². The summed E-state index contributed by atoms with van der Waals surface area (Å²) in [7, 11) is 1.59. The van der Waals surface area contributed by atoms with Crippen LogP contribution in [0.4, 0.5) is 5.69 Å². The van der Waals surface area contributed by atoms with Gasteiger partial charge in [-0.1, -0.05) is 6.07 Å². The van der Waals surface area contributed by atoms with Crippen LogP contribution in [0.25, 0.3) is 6.08 Å². The summed E-state index contributed by atoms with van der Waals surface area (Å²) in [4.78, 5) is 12.2. The van der Waals surface area contributed by atoms with Crippen molar-refractivity contribution in [3.8, 4) is 23.0 Å². The predicted octanol–water partition coefficient (Wildman–Crippen LogP) is 3.91. The molecule has 1 heterocycles. The average molecular weight is 369 g/mol. The number of ether oxygens (including phenoxy) is 4. The number of carbonyl (C=O) groups excluding carboxylic acids is 1. The highest BCUT2D eigenvalue weighted by Crippen LogP contribution is 2.32. The third kappa shape index (κ3) is 4.94. The van der Waals surface area contributed by atoms with Crippen molar-refractivity contribution in [1.82, 2.24) is 0 Å². The second kappa shape index (κ2) is 8.49. The first kappa shape index (κ1) is 18.6. The van der Waals surface area contributed by atoms with E-state index in [0.717, 1.165) is 5.56 Å². The van der Waals surface area contributed by atoms with Crippen molar-refractivity contribution < 1.29 is 23.7 Å². The molecule has 2 aromatic rings. The highest BCUT2D eigenvalue weighted by atomic mass is 16.6. The van der Waals surface area contributed by atoms with Crippen LogP contribution in [0.3, 0.4) is 0 Å². The zero-order valence-electron chi connectivity index (χ0n) is 15.7. The summed E-state index contributed by atoms with van der Waals surface area (Å²) < 4.78 is 22.0. The van der Waals surface area contributed by atoms with Gasteiger partial charge in [0.25, 0.3) is 0 Å². The Kier molecular flexibility index (Phi) is 5.86. The van der Waals surface area contributed by atoms with Gasteiger partial charge in [0.15, 0.2) is 23.0 Å². The molecule has 0 aromatic heterocycles. The number of fused-ring (bicyclic) bond motifs is 1. The van der Waals surface area contributed by atoms with E-state index in [9.17, 15) is 4.79 Å². The molecule has 2 aromatic carbocycles. The molecule has 0 atom stereocenters. The summed E-state index contributed by atoms with van der Waals surface area (Å²) in [5.41, 5.74) is 1.48. The first-order valence-electron chi connectivity index (χ1n) is 8.78. The Morgan fingerprint density at radius 1 is 1.07 bits per heavy atom. The Labute approximate surface area is 158 Å². The minimum absolute atomic E-state index is 0.0528. The fourth-order valence-corrected chi connectivity index (χ4v) is 2.62. The molecule has 6 heteroatoms. The van der Waals surface area contributed by atoms with Crippen LogP contribution in [0.5, 0.6) is 23.0 Å². The molecule has 1 aliphatic rings. The molecule has 0 spiro atoms. The molecule has 0 aliphatic carbocycles. The number of rotatable bonds is 6. The van der Waals surface area contributed by atoms with Gasteiger partial charge < -0.3 is 24.3 Å². The van der Waals surface area contributed by atoms with E-state index in [1.54, 1.807) is 31.4 Å². The fraction of sp³-hybridized carbons (Fsp3) is 0.286. The molecule has 0 saturated heterocycles. The molecule has 27 heavy (non-hydrogen) atoms. The van der Waals surface area contributed by atoms with Crippen LogP contribution in [0, 0.1) is 0 Å². The number of anilines is 1. The van der Waals surface area contributed by atoms with Gasteiger partial charge in [-0.25, -0.2) is 0 Å². The van der Waals surface area contributed by atoms with Gasteiger partial charge in [-0.05, 0) is 49.8 Å². The van der Waals surface area contributed by atoms with Crippen molar-refractivity contribution in [3.05, 3.63) is 48.0 Å². The van der Waals surface area contributed by atoms with Gasteiger partial charge in [0.1, 0.15) is 13.2 Å². The number of benzene rings is 2. The second-order valence-electron chi connectivity index (χ2n) is 6.26. The van der Waals surface area contributed by atoms with E-state index in [0.29, 0.717) is 41.9 Å². The van der Waals surface area contributed by atoms with E-state index >= 15 is 0 Å². The molecule has 6 nitrogen and oxygen atoms in total. The molecule has 0 fully saturated rings. The molecular formula is C21H23NO5. The predicted molar refractivity (Wildman–Crippen MR) is 104 cm³/mol. The first-order chi connectivity index (χ1) is 13.0. The Bertz CT molecular complexity index is 844. The molecule has 142 valence electrons. The van der Waals surface area contributed by atoms with Crippen molar-refractivity contribution >= 4 is 17.7 Å². The molecule has 0 saturated carbocycles. The van der Waals surface area contributed by atoms with E-state index in [1.165, 1.54) is 6.08 Å². The highest BCUT2D eigenvalue weighted by molar-refractivity contribution is 6.02. The summed E-state index contributed by atoms with van der Waals surface area (Å²) in [5.74, 6) is 2.37. The normalized spacial score (nSPS) is 12.9. The Morgan fingerprint density at radius 2 is 1.85 bits per heavy atom. The van der Waals surface area contributed by atoms with Gasteiger partial charge in [0.2, 0.25) is 5.91 Å². The zero-order valence-corrected chi connectivity index (χ0v) is 15.7. The Hall–Kier alpha value is -3.15. The average Bonchev–Trinajstić information content (AvgIpc) is 2.66. The molecule has 0 radical (unpaired) electrons. The van der Waals surface area contributed by atoms with E-state index in [1.807, 2.05) is 32.0 Å². The lowest BCUT2D eigenvalue weighted by Gasteiger charge is -2.18. The summed E-state index contributed by atoms with van der Waals surface area (Å²) >= 11 is 0. The van der Waals surface area contributed by atoms with E-state index in [2.05, 4.69) is 5.32 Å². The lowest BCUT2D eigenvalue weighted by molar-refractivity contribution is -0.111. The third-order valence-electron chi connectivity index (χ3n) is 3.79. The first-order valence-corrected chi connectivity index (χ1v) is 8.78. The fourth-order valence-electron chi connectivity index (χ4n) is 2.62. The molecule has 3 rings (SSSR count). The van der Waals surface area contributed by atoms with Crippen LogP contribution in [0.15, 0.2) is 42.5 Å². The van der Waals surface area contributed by atoms with E-state index in [-0.39, 0.29) is 12.0 Å². The molecular weight excluding hydrogens is 346 g/mol.